The van der Waals surface area contributed by atoms with E-state index in [2.05, 4.69) is 10.1 Å². The summed E-state index contributed by atoms with van der Waals surface area (Å²) in [5.74, 6) is 0.707. The van der Waals surface area contributed by atoms with Gasteiger partial charge in [0.05, 0.1) is 31.7 Å². The highest BCUT2D eigenvalue weighted by molar-refractivity contribution is 7.98. The van der Waals surface area contributed by atoms with Crippen LogP contribution in [0.25, 0.3) is 10.9 Å². The Balaban J connectivity index is 1.90. The van der Waals surface area contributed by atoms with E-state index >= 15 is 0 Å². The zero-order valence-corrected chi connectivity index (χ0v) is 17.5. The van der Waals surface area contributed by atoms with Crippen LogP contribution in [-0.4, -0.2) is 15.9 Å². The van der Waals surface area contributed by atoms with Gasteiger partial charge >= 0.3 is 0 Å². The Kier molecular flexibility index (Phi) is 5.50. The molecule has 0 saturated heterocycles. The van der Waals surface area contributed by atoms with Gasteiger partial charge in [0, 0.05) is 17.4 Å². The molecular weight excluding hydrogens is 431 g/mol. The number of aryl methyl sites for hydroxylation is 1. The number of fused-ring (bicyclic) bond motifs is 1. The van der Waals surface area contributed by atoms with Gasteiger partial charge in [0.15, 0.2) is 5.78 Å². The van der Waals surface area contributed by atoms with Gasteiger partial charge in [-0.1, -0.05) is 58.7 Å². The molecule has 2 aromatic carbocycles. The number of hydrogen-bond acceptors (Lipinski definition) is 5. The first-order chi connectivity index (χ1) is 14.0. The summed E-state index contributed by atoms with van der Waals surface area (Å²) < 4.78 is 5.09. The summed E-state index contributed by atoms with van der Waals surface area (Å²) in [5, 5.41) is 5.14. The molecule has 0 bridgehead atoms. The molecule has 29 heavy (non-hydrogen) atoms. The summed E-state index contributed by atoms with van der Waals surface area (Å²) in [4.78, 5) is 29.7. The van der Waals surface area contributed by atoms with Crippen molar-refractivity contribution in [1.82, 2.24) is 10.1 Å². The van der Waals surface area contributed by atoms with Crippen molar-refractivity contribution >= 4 is 51.6 Å². The monoisotopic (exact) mass is 444 g/mol. The Morgan fingerprint density at radius 2 is 1.86 bits per heavy atom. The van der Waals surface area contributed by atoms with Gasteiger partial charge < -0.3 is 9.51 Å². The average molecular weight is 445 g/mol. The third-order valence-corrected chi connectivity index (χ3v) is 5.99. The molecule has 146 valence electrons. The summed E-state index contributed by atoms with van der Waals surface area (Å²) in [7, 11) is 0. The predicted molar refractivity (Wildman–Crippen MR) is 115 cm³/mol. The maximum absolute atomic E-state index is 13.3. The predicted octanol–water partition coefficient (Wildman–Crippen LogP) is 5.65. The number of H-pyrrole nitrogens is 1. The van der Waals surface area contributed by atoms with Gasteiger partial charge in [-0.15, -0.1) is 11.8 Å². The molecule has 1 N–H and O–H groups in total. The maximum atomic E-state index is 13.3. The lowest BCUT2D eigenvalue weighted by molar-refractivity contribution is 0.103. The van der Waals surface area contributed by atoms with Gasteiger partial charge in [0.1, 0.15) is 11.3 Å². The first-order valence-electron chi connectivity index (χ1n) is 8.64. The minimum atomic E-state index is -0.459. The molecule has 0 amide bonds. The highest BCUT2D eigenvalue weighted by Gasteiger charge is 2.23. The zero-order valence-electron chi connectivity index (χ0n) is 15.2. The standard InChI is InChI=1S/C21H14Cl2N2O3S/c1-11-9-13(25-28-11)10-29-21-17(19(26)12-5-3-2-4-6-12)20(27)16-14(22)7-8-15(23)18(16)24-21/h2-9H,10H2,1H3,(H,24,27). The molecule has 0 aliphatic heterocycles. The minimum Gasteiger partial charge on any atom is -0.361 e. The third kappa shape index (κ3) is 3.83. The van der Waals surface area contributed by atoms with Crippen LogP contribution in [0.5, 0.6) is 0 Å². The van der Waals surface area contributed by atoms with Crippen molar-refractivity contribution in [2.45, 2.75) is 17.7 Å². The fraction of sp³-hybridized carbons (Fsp3) is 0.0952. The second kappa shape index (κ2) is 8.06. The second-order valence-corrected chi connectivity index (χ2v) is 8.15. The van der Waals surface area contributed by atoms with Crippen molar-refractivity contribution in [2.24, 2.45) is 0 Å². The summed E-state index contributed by atoms with van der Waals surface area (Å²) in [6, 6.07) is 13.6. The van der Waals surface area contributed by atoms with Crippen LogP contribution in [-0.2, 0) is 5.75 Å². The van der Waals surface area contributed by atoms with Gasteiger partial charge in [-0.25, -0.2) is 0 Å². The van der Waals surface area contributed by atoms with Crippen LogP contribution in [0.1, 0.15) is 27.4 Å². The molecule has 0 unspecified atom stereocenters. The van der Waals surface area contributed by atoms with Gasteiger partial charge in [-0.3, -0.25) is 9.59 Å². The molecule has 4 aromatic rings. The lowest BCUT2D eigenvalue weighted by Crippen LogP contribution is -2.19. The number of carbonyl (C=O) groups is 1. The van der Waals surface area contributed by atoms with Crippen molar-refractivity contribution in [2.75, 3.05) is 0 Å². The molecule has 2 aromatic heterocycles. The first kappa shape index (κ1) is 19.8. The average Bonchev–Trinajstić information content (AvgIpc) is 3.14. The molecule has 0 atom stereocenters. The smallest absolute Gasteiger partial charge is 0.203 e. The Morgan fingerprint density at radius 3 is 2.55 bits per heavy atom. The van der Waals surface area contributed by atoms with Gasteiger partial charge in [0.2, 0.25) is 5.43 Å². The van der Waals surface area contributed by atoms with Crippen LogP contribution >= 0.6 is 35.0 Å². The van der Waals surface area contributed by atoms with E-state index in [1.807, 2.05) is 0 Å². The van der Waals surface area contributed by atoms with Crippen LogP contribution in [0.2, 0.25) is 10.0 Å². The molecule has 0 aliphatic rings. The van der Waals surface area contributed by atoms with Crippen LogP contribution < -0.4 is 5.43 Å². The number of rotatable bonds is 5. The van der Waals surface area contributed by atoms with E-state index in [-0.39, 0.29) is 21.8 Å². The molecular formula is C21H14Cl2N2O3S. The number of nitrogens with zero attached hydrogens (tertiary/aromatic N) is 1. The Labute approximate surface area is 180 Å². The third-order valence-electron chi connectivity index (χ3n) is 4.33. The highest BCUT2D eigenvalue weighted by Crippen LogP contribution is 2.32. The van der Waals surface area contributed by atoms with E-state index in [0.29, 0.717) is 38.3 Å². The number of aromatic amines is 1. The summed E-state index contributed by atoms with van der Waals surface area (Å²) >= 11 is 13.8. The van der Waals surface area contributed by atoms with Crippen LogP contribution in [0.4, 0.5) is 0 Å². The molecule has 4 rings (SSSR count). The van der Waals surface area contributed by atoms with Gasteiger partial charge in [-0.05, 0) is 19.1 Å². The molecule has 2 heterocycles. The van der Waals surface area contributed by atoms with E-state index in [1.165, 1.54) is 11.8 Å². The quantitative estimate of drug-likeness (QED) is 0.317. The Bertz CT molecular complexity index is 1280. The van der Waals surface area contributed by atoms with E-state index in [4.69, 9.17) is 27.7 Å². The molecule has 0 fully saturated rings. The summed E-state index contributed by atoms with van der Waals surface area (Å²) in [6.45, 7) is 1.80. The number of carbonyl (C=O) groups excluding carboxylic acids is 1. The van der Waals surface area contributed by atoms with Gasteiger partial charge in [0.25, 0.3) is 0 Å². The van der Waals surface area contributed by atoms with Crippen molar-refractivity contribution in [3.05, 3.63) is 91.4 Å². The molecule has 8 heteroatoms. The van der Waals surface area contributed by atoms with Crippen molar-refractivity contribution in [1.29, 1.82) is 0 Å². The number of aromatic nitrogens is 2. The van der Waals surface area contributed by atoms with Crippen LogP contribution in [0, 0.1) is 6.92 Å². The van der Waals surface area contributed by atoms with Crippen LogP contribution in [0.3, 0.4) is 0 Å². The lowest BCUT2D eigenvalue weighted by atomic mass is 10.0. The maximum Gasteiger partial charge on any atom is 0.203 e. The number of thioether (sulfide) groups is 1. The topological polar surface area (TPSA) is 76.0 Å². The fourth-order valence-electron chi connectivity index (χ4n) is 2.98. The van der Waals surface area contributed by atoms with Gasteiger partial charge in [-0.2, -0.15) is 0 Å². The van der Waals surface area contributed by atoms with E-state index in [0.717, 1.165) is 0 Å². The SMILES string of the molecule is Cc1cc(CSc2[nH]c3c(Cl)ccc(Cl)c3c(=O)c2C(=O)c2ccccc2)no1. The second-order valence-electron chi connectivity index (χ2n) is 6.35. The highest BCUT2D eigenvalue weighted by atomic mass is 35.5. The van der Waals surface area contributed by atoms with Crippen LogP contribution in [0.15, 0.2) is 62.9 Å². The number of benzene rings is 2. The fourth-order valence-corrected chi connectivity index (χ4v) is 4.36. The van der Waals surface area contributed by atoms with E-state index in [9.17, 15) is 9.59 Å². The number of pyridine rings is 1. The number of halogens is 2. The summed E-state index contributed by atoms with van der Waals surface area (Å²) in [5.41, 5.74) is 1.07. The minimum absolute atomic E-state index is 0.0260. The largest absolute Gasteiger partial charge is 0.361 e. The number of hydrogen-bond donors (Lipinski definition) is 1. The lowest BCUT2D eigenvalue weighted by Gasteiger charge is -2.12. The molecule has 0 radical (unpaired) electrons. The molecule has 0 saturated carbocycles. The molecule has 0 aliphatic carbocycles. The Morgan fingerprint density at radius 1 is 1.14 bits per heavy atom. The van der Waals surface area contributed by atoms with Crippen molar-refractivity contribution in [3.8, 4) is 0 Å². The van der Waals surface area contributed by atoms with Crippen molar-refractivity contribution < 1.29 is 9.32 Å². The van der Waals surface area contributed by atoms with Crippen molar-refractivity contribution in [3.63, 3.8) is 0 Å². The number of ketones is 1. The number of nitrogens with one attached hydrogen (secondary N) is 1. The normalized spacial score (nSPS) is 11.1. The molecule has 5 nitrogen and oxygen atoms in total. The first-order valence-corrected chi connectivity index (χ1v) is 10.4. The van der Waals surface area contributed by atoms with E-state index in [1.54, 1.807) is 55.5 Å². The Hall–Kier alpha value is -2.54. The van der Waals surface area contributed by atoms with E-state index < -0.39 is 5.43 Å². The molecule has 0 spiro atoms. The summed E-state index contributed by atoms with van der Waals surface area (Å²) in [6.07, 6.45) is 0. The zero-order chi connectivity index (χ0) is 20.5.